The van der Waals surface area contributed by atoms with Crippen LogP contribution in [-0.4, -0.2) is 20.9 Å². The van der Waals surface area contributed by atoms with Crippen molar-refractivity contribution in [3.8, 4) is 11.1 Å². The van der Waals surface area contributed by atoms with Crippen LogP contribution in [-0.2, 0) is 6.54 Å². The third kappa shape index (κ3) is 1.99. The first kappa shape index (κ1) is 12.3. The van der Waals surface area contributed by atoms with E-state index in [9.17, 15) is 9.18 Å². The van der Waals surface area contributed by atoms with Gasteiger partial charge in [0.1, 0.15) is 5.82 Å². The average Bonchev–Trinajstić information content (AvgIpc) is 2.71. The molecule has 0 unspecified atom stereocenters. The number of aromatic nitrogens is 2. The van der Waals surface area contributed by atoms with Crippen molar-refractivity contribution in [1.29, 1.82) is 0 Å². The first-order chi connectivity index (χ1) is 8.54. The zero-order valence-electron chi connectivity index (χ0n) is 10.1. The van der Waals surface area contributed by atoms with Gasteiger partial charge in [0.2, 0.25) is 0 Å². The second-order valence-corrected chi connectivity index (χ2v) is 3.96. The van der Waals surface area contributed by atoms with Crippen LogP contribution in [0.1, 0.15) is 23.0 Å². The van der Waals surface area contributed by atoms with Crippen molar-refractivity contribution < 1.29 is 14.3 Å². The fraction of sp³-hybridized carbons (Fsp3) is 0.231. The molecule has 4 nitrogen and oxygen atoms in total. The largest absolute Gasteiger partial charge is 0.478 e. The highest BCUT2D eigenvalue weighted by Gasteiger charge is 2.14. The first-order valence-corrected chi connectivity index (χ1v) is 5.60. The SMILES string of the molecule is CCn1ncc(-c2ccc(F)c(C(=O)O)c2)c1C. The zero-order chi connectivity index (χ0) is 13.3. The van der Waals surface area contributed by atoms with E-state index in [0.29, 0.717) is 5.56 Å². The van der Waals surface area contributed by atoms with Gasteiger partial charge < -0.3 is 5.11 Å². The van der Waals surface area contributed by atoms with Crippen molar-refractivity contribution in [1.82, 2.24) is 9.78 Å². The Balaban J connectivity index is 2.54. The predicted octanol–water partition coefficient (Wildman–Crippen LogP) is 2.72. The summed E-state index contributed by atoms with van der Waals surface area (Å²) in [6.45, 7) is 4.60. The second-order valence-electron chi connectivity index (χ2n) is 3.96. The van der Waals surface area contributed by atoms with Gasteiger partial charge in [0.05, 0.1) is 11.8 Å². The highest BCUT2D eigenvalue weighted by molar-refractivity contribution is 5.89. The highest BCUT2D eigenvalue weighted by atomic mass is 19.1. The van der Waals surface area contributed by atoms with Gasteiger partial charge in [-0.05, 0) is 31.5 Å². The van der Waals surface area contributed by atoms with Crippen molar-refractivity contribution in [2.45, 2.75) is 20.4 Å². The Labute approximate surface area is 104 Å². The summed E-state index contributed by atoms with van der Waals surface area (Å²) in [7, 11) is 0. The lowest BCUT2D eigenvalue weighted by molar-refractivity contribution is 0.0692. The third-order valence-corrected chi connectivity index (χ3v) is 2.91. The maximum Gasteiger partial charge on any atom is 0.338 e. The van der Waals surface area contributed by atoms with E-state index in [4.69, 9.17) is 5.11 Å². The van der Waals surface area contributed by atoms with Gasteiger partial charge in [-0.3, -0.25) is 4.68 Å². The van der Waals surface area contributed by atoms with Crippen molar-refractivity contribution >= 4 is 5.97 Å². The Morgan fingerprint density at radius 3 is 2.78 bits per heavy atom. The van der Waals surface area contributed by atoms with E-state index in [1.165, 1.54) is 12.1 Å². The summed E-state index contributed by atoms with van der Waals surface area (Å²) in [6.07, 6.45) is 1.66. The van der Waals surface area contributed by atoms with Gasteiger partial charge in [-0.25, -0.2) is 9.18 Å². The number of carbonyl (C=O) groups is 1. The molecule has 0 spiro atoms. The van der Waals surface area contributed by atoms with E-state index in [0.717, 1.165) is 17.8 Å². The standard InChI is InChI=1S/C13H13FN2O2/c1-3-16-8(2)11(7-15-16)9-4-5-12(14)10(6-9)13(17)18/h4-7H,3H2,1-2H3,(H,17,18). The number of carboxylic acid groups (broad SMARTS) is 1. The van der Waals surface area contributed by atoms with E-state index in [1.54, 1.807) is 16.9 Å². The number of halogens is 1. The Bertz CT molecular complexity index is 605. The number of aryl methyl sites for hydroxylation is 1. The minimum Gasteiger partial charge on any atom is -0.478 e. The van der Waals surface area contributed by atoms with E-state index < -0.39 is 11.8 Å². The minimum atomic E-state index is -1.27. The maximum atomic E-state index is 13.3. The molecule has 1 aromatic carbocycles. The molecule has 0 radical (unpaired) electrons. The van der Waals surface area contributed by atoms with Crippen molar-refractivity contribution in [3.05, 3.63) is 41.5 Å². The molecule has 2 aromatic rings. The normalized spacial score (nSPS) is 10.6. The molecule has 0 fully saturated rings. The lowest BCUT2D eigenvalue weighted by Crippen LogP contribution is -2.01. The highest BCUT2D eigenvalue weighted by Crippen LogP contribution is 2.25. The summed E-state index contributed by atoms with van der Waals surface area (Å²) in [5.74, 6) is -2.00. The maximum absolute atomic E-state index is 13.3. The Hall–Kier alpha value is -2.17. The van der Waals surface area contributed by atoms with Crippen LogP contribution in [0.3, 0.4) is 0 Å². The number of hydrogen-bond donors (Lipinski definition) is 1. The molecule has 0 aliphatic rings. The predicted molar refractivity (Wildman–Crippen MR) is 65.0 cm³/mol. The lowest BCUT2D eigenvalue weighted by Gasteiger charge is -2.04. The number of hydrogen-bond acceptors (Lipinski definition) is 2. The molecule has 94 valence electrons. The number of carboxylic acids is 1. The van der Waals surface area contributed by atoms with E-state index in [1.807, 2.05) is 13.8 Å². The number of rotatable bonds is 3. The molecule has 2 rings (SSSR count). The quantitative estimate of drug-likeness (QED) is 0.908. The topological polar surface area (TPSA) is 55.1 Å². The van der Waals surface area contributed by atoms with E-state index >= 15 is 0 Å². The molecule has 0 atom stereocenters. The van der Waals surface area contributed by atoms with Crippen LogP contribution in [0, 0.1) is 12.7 Å². The van der Waals surface area contributed by atoms with Crippen LogP contribution < -0.4 is 0 Å². The van der Waals surface area contributed by atoms with Crippen LogP contribution in [0.2, 0.25) is 0 Å². The molecule has 5 heteroatoms. The molecule has 0 saturated heterocycles. The monoisotopic (exact) mass is 248 g/mol. The summed E-state index contributed by atoms with van der Waals surface area (Å²) in [5.41, 5.74) is 2.09. The summed E-state index contributed by atoms with van der Waals surface area (Å²) in [4.78, 5) is 10.9. The fourth-order valence-corrected chi connectivity index (χ4v) is 1.91. The van der Waals surface area contributed by atoms with Crippen molar-refractivity contribution in [2.24, 2.45) is 0 Å². The number of benzene rings is 1. The van der Waals surface area contributed by atoms with Gasteiger partial charge >= 0.3 is 5.97 Å². The summed E-state index contributed by atoms with van der Waals surface area (Å²) in [6, 6.07) is 4.06. The molecule has 0 bridgehead atoms. The molecule has 1 aromatic heterocycles. The third-order valence-electron chi connectivity index (χ3n) is 2.91. The number of nitrogens with zero attached hydrogens (tertiary/aromatic N) is 2. The van der Waals surface area contributed by atoms with Crippen molar-refractivity contribution in [3.63, 3.8) is 0 Å². The van der Waals surface area contributed by atoms with Crippen LogP contribution in [0.4, 0.5) is 4.39 Å². The molecule has 0 aliphatic carbocycles. The van der Waals surface area contributed by atoms with Crippen LogP contribution in [0.15, 0.2) is 24.4 Å². The van der Waals surface area contributed by atoms with Gasteiger partial charge in [0.15, 0.2) is 0 Å². The molecule has 0 amide bonds. The summed E-state index contributed by atoms with van der Waals surface area (Å²) in [5, 5.41) is 13.1. The van der Waals surface area contributed by atoms with Crippen LogP contribution in [0.5, 0.6) is 0 Å². The molecule has 18 heavy (non-hydrogen) atoms. The first-order valence-electron chi connectivity index (χ1n) is 5.60. The minimum absolute atomic E-state index is 0.323. The van der Waals surface area contributed by atoms with Crippen LogP contribution in [0.25, 0.3) is 11.1 Å². The molecule has 0 aliphatic heterocycles. The van der Waals surface area contributed by atoms with E-state index in [-0.39, 0.29) is 5.56 Å². The molecule has 1 heterocycles. The van der Waals surface area contributed by atoms with E-state index in [2.05, 4.69) is 5.10 Å². The second kappa shape index (κ2) is 4.60. The van der Waals surface area contributed by atoms with Gasteiger partial charge in [-0.15, -0.1) is 0 Å². The average molecular weight is 248 g/mol. The van der Waals surface area contributed by atoms with Gasteiger partial charge in [-0.1, -0.05) is 6.07 Å². The molecular formula is C13H13FN2O2. The lowest BCUT2D eigenvalue weighted by atomic mass is 10.0. The number of aromatic carboxylic acids is 1. The Morgan fingerprint density at radius 2 is 2.22 bits per heavy atom. The van der Waals surface area contributed by atoms with Gasteiger partial charge in [-0.2, -0.15) is 5.10 Å². The fourth-order valence-electron chi connectivity index (χ4n) is 1.91. The summed E-state index contributed by atoms with van der Waals surface area (Å²) >= 11 is 0. The molecular weight excluding hydrogens is 235 g/mol. The molecule has 0 saturated carbocycles. The van der Waals surface area contributed by atoms with Crippen LogP contribution >= 0.6 is 0 Å². The Kier molecular flexibility index (Phi) is 3.14. The van der Waals surface area contributed by atoms with Gasteiger partial charge in [0, 0.05) is 17.8 Å². The zero-order valence-corrected chi connectivity index (χ0v) is 10.1. The summed E-state index contributed by atoms with van der Waals surface area (Å²) < 4.78 is 15.1. The smallest absolute Gasteiger partial charge is 0.338 e. The van der Waals surface area contributed by atoms with Gasteiger partial charge in [0.25, 0.3) is 0 Å². The van der Waals surface area contributed by atoms with Crippen molar-refractivity contribution in [2.75, 3.05) is 0 Å². The Morgan fingerprint density at radius 1 is 1.50 bits per heavy atom. The molecule has 1 N–H and O–H groups in total.